The number of carbonyl (C=O) groups is 3. The van der Waals surface area contributed by atoms with Crippen LogP contribution in [-0.4, -0.2) is 70.0 Å². The highest BCUT2D eigenvalue weighted by Crippen LogP contribution is 2.60. The summed E-state index contributed by atoms with van der Waals surface area (Å²) in [6, 6.07) is 8.85. The van der Waals surface area contributed by atoms with Crippen LogP contribution in [0.4, 0.5) is 0 Å². The normalized spacial score (nSPS) is 31.0. The first-order valence-corrected chi connectivity index (χ1v) is 13.7. The van der Waals surface area contributed by atoms with Gasteiger partial charge in [0.05, 0.1) is 17.9 Å². The zero-order valence-corrected chi connectivity index (χ0v) is 21.8. The van der Waals surface area contributed by atoms with Crippen LogP contribution in [0.3, 0.4) is 0 Å². The number of ether oxygens (including phenoxy) is 1. The number of aliphatic hydroxyl groups excluding tert-OH is 1. The number of likely N-dealkylation sites (tertiary alicyclic amines) is 1. The summed E-state index contributed by atoms with van der Waals surface area (Å²) in [7, 11) is 0. The van der Waals surface area contributed by atoms with Crippen molar-refractivity contribution in [3.8, 4) is 0 Å². The lowest BCUT2D eigenvalue weighted by molar-refractivity contribution is -0.142. The molecule has 1 spiro atoms. The minimum Gasteiger partial charge on any atom is -0.396 e. The summed E-state index contributed by atoms with van der Waals surface area (Å²) in [6.07, 6.45) is 4.10. The lowest BCUT2D eigenvalue weighted by atomic mass is 9.70. The quantitative estimate of drug-likeness (QED) is 0.273. The Balaban J connectivity index is 1.57. The third-order valence-electron chi connectivity index (χ3n) is 7.54. The van der Waals surface area contributed by atoms with Crippen LogP contribution in [0.15, 0.2) is 30.3 Å². The molecule has 3 aliphatic heterocycles. The molecular weight excluding hydrogens is 514 g/mol. The van der Waals surface area contributed by atoms with E-state index >= 15 is 0 Å². The van der Waals surface area contributed by atoms with Crippen molar-refractivity contribution in [1.29, 1.82) is 0 Å². The van der Waals surface area contributed by atoms with Gasteiger partial charge in [-0.1, -0.05) is 66.0 Å². The predicted octanol–water partition coefficient (Wildman–Crippen LogP) is 2.13. The number of carbonyl (C=O) groups excluding carboxylic acids is 3. The van der Waals surface area contributed by atoms with E-state index in [2.05, 4.69) is 33.5 Å². The van der Waals surface area contributed by atoms with E-state index in [9.17, 15) is 19.5 Å². The first kappa shape index (κ1) is 26.1. The Bertz CT molecular complexity index is 916. The second-order valence-corrected chi connectivity index (χ2v) is 11.0. The van der Waals surface area contributed by atoms with Crippen LogP contribution in [0.1, 0.15) is 51.0 Å². The summed E-state index contributed by atoms with van der Waals surface area (Å²) >= 11 is 3.69. The van der Waals surface area contributed by atoms with E-state index in [4.69, 9.17) is 4.74 Å². The number of hydrogen-bond donors (Lipinski definition) is 3. The fraction of sp³-hybridized carbons (Fsp3) is 0.654. The number of aliphatic hydroxyl groups is 1. The van der Waals surface area contributed by atoms with Gasteiger partial charge in [-0.05, 0) is 31.2 Å². The number of benzene rings is 1. The molecule has 35 heavy (non-hydrogen) atoms. The largest absolute Gasteiger partial charge is 0.396 e. The Morgan fingerprint density at radius 1 is 1.14 bits per heavy atom. The fourth-order valence-corrected chi connectivity index (χ4v) is 6.89. The highest BCUT2D eigenvalue weighted by atomic mass is 79.9. The van der Waals surface area contributed by atoms with Gasteiger partial charge < -0.3 is 25.4 Å². The van der Waals surface area contributed by atoms with E-state index in [1.807, 2.05) is 30.3 Å². The second-order valence-electron chi connectivity index (χ2n) is 9.83. The average molecular weight is 550 g/mol. The third-order valence-corrected chi connectivity index (χ3v) is 8.38. The molecular formula is C26H36BrN3O5. The molecule has 4 rings (SSSR count). The maximum absolute atomic E-state index is 13.8. The highest BCUT2D eigenvalue weighted by molar-refractivity contribution is 9.09. The van der Waals surface area contributed by atoms with Gasteiger partial charge in [-0.25, -0.2) is 0 Å². The summed E-state index contributed by atoms with van der Waals surface area (Å²) < 4.78 is 6.47. The molecule has 3 heterocycles. The summed E-state index contributed by atoms with van der Waals surface area (Å²) in [5.74, 6) is -1.99. The first-order valence-electron chi connectivity index (χ1n) is 12.8. The number of nitrogens with one attached hydrogen (secondary N) is 2. The summed E-state index contributed by atoms with van der Waals surface area (Å²) in [5.41, 5.74) is -0.0543. The van der Waals surface area contributed by atoms with Gasteiger partial charge in [0, 0.05) is 31.1 Å². The number of fused-ring (bicyclic) bond motifs is 1. The van der Waals surface area contributed by atoms with Crippen molar-refractivity contribution in [3.63, 3.8) is 0 Å². The average Bonchev–Trinajstić information content (AvgIpc) is 3.44. The van der Waals surface area contributed by atoms with Gasteiger partial charge in [0.25, 0.3) is 0 Å². The smallest absolute Gasteiger partial charge is 0.245 e. The maximum atomic E-state index is 13.8. The van der Waals surface area contributed by atoms with E-state index in [0.29, 0.717) is 38.9 Å². The van der Waals surface area contributed by atoms with E-state index in [-0.39, 0.29) is 29.2 Å². The Kier molecular flexibility index (Phi) is 8.50. The highest BCUT2D eigenvalue weighted by Gasteiger charge is 2.76. The summed E-state index contributed by atoms with van der Waals surface area (Å²) in [5, 5.41) is 15.3. The SMILES string of the molecule is CCCCCNC(=O)C1N(CCCCO)C(=O)[C@@H]2[C@H](C(=O)NCc3ccccc3)[C@H]3OC12CC3Br. The van der Waals surface area contributed by atoms with E-state index < -0.39 is 29.6 Å². The van der Waals surface area contributed by atoms with Crippen LogP contribution < -0.4 is 10.6 Å². The molecule has 2 bridgehead atoms. The minimum atomic E-state index is -1.03. The summed E-state index contributed by atoms with van der Waals surface area (Å²) in [4.78, 5) is 42.1. The molecule has 0 saturated carbocycles. The minimum absolute atomic E-state index is 0.0248. The molecule has 8 nitrogen and oxygen atoms in total. The Morgan fingerprint density at radius 3 is 2.63 bits per heavy atom. The Labute approximate surface area is 215 Å². The van der Waals surface area contributed by atoms with Gasteiger partial charge in [-0.15, -0.1) is 0 Å². The number of hydrogen-bond acceptors (Lipinski definition) is 5. The molecule has 0 aliphatic carbocycles. The zero-order chi connectivity index (χ0) is 25.0. The number of nitrogens with zero attached hydrogens (tertiary/aromatic N) is 1. The van der Waals surface area contributed by atoms with Crippen molar-refractivity contribution in [2.24, 2.45) is 11.8 Å². The molecule has 3 unspecified atom stereocenters. The van der Waals surface area contributed by atoms with Gasteiger partial charge in [0.1, 0.15) is 11.6 Å². The fourth-order valence-electron chi connectivity index (χ4n) is 5.95. The Hall–Kier alpha value is -1.97. The van der Waals surface area contributed by atoms with Gasteiger partial charge in [-0.3, -0.25) is 14.4 Å². The zero-order valence-electron chi connectivity index (χ0n) is 20.2. The predicted molar refractivity (Wildman–Crippen MR) is 135 cm³/mol. The number of alkyl halides is 1. The maximum Gasteiger partial charge on any atom is 0.245 e. The van der Waals surface area contributed by atoms with Crippen molar-refractivity contribution >= 4 is 33.7 Å². The van der Waals surface area contributed by atoms with Crippen LogP contribution in [0.2, 0.25) is 0 Å². The standard InChI is InChI=1S/C26H36BrN3O5/c1-2-3-7-12-28-24(33)22-26-15-18(27)21(35-26)19(20(26)25(34)30(22)13-8-9-14-31)23(32)29-16-17-10-5-4-6-11-17/h4-6,10-11,18-22,31H,2-3,7-9,12-16H2,1H3,(H,28,33)(H,29,32)/t18?,19-,20-,21-,22?,26?/m0/s1. The second kappa shape index (κ2) is 11.4. The number of halogens is 1. The van der Waals surface area contributed by atoms with Crippen molar-refractivity contribution in [2.75, 3.05) is 19.7 Å². The van der Waals surface area contributed by atoms with Crippen LogP contribution in [0.5, 0.6) is 0 Å². The van der Waals surface area contributed by atoms with Crippen molar-refractivity contribution < 1.29 is 24.2 Å². The molecule has 0 radical (unpaired) electrons. The molecule has 3 fully saturated rings. The molecule has 6 atom stereocenters. The van der Waals surface area contributed by atoms with Gasteiger partial charge in [0.2, 0.25) is 17.7 Å². The van der Waals surface area contributed by atoms with Crippen LogP contribution >= 0.6 is 15.9 Å². The molecule has 192 valence electrons. The van der Waals surface area contributed by atoms with Crippen LogP contribution in [0.25, 0.3) is 0 Å². The molecule has 3 saturated heterocycles. The molecule has 0 aromatic heterocycles. The van der Waals surface area contributed by atoms with Crippen molar-refractivity contribution in [2.45, 2.75) is 74.6 Å². The van der Waals surface area contributed by atoms with Crippen LogP contribution in [-0.2, 0) is 25.7 Å². The van der Waals surface area contributed by atoms with Crippen molar-refractivity contribution in [1.82, 2.24) is 15.5 Å². The topological polar surface area (TPSA) is 108 Å². The third kappa shape index (κ3) is 5.00. The number of rotatable bonds is 12. The molecule has 3 aliphatic rings. The lowest BCUT2D eigenvalue weighted by Crippen LogP contribution is -2.56. The van der Waals surface area contributed by atoms with E-state index in [0.717, 1.165) is 24.8 Å². The Morgan fingerprint density at radius 2 is 1.91 bits per heavy atom. The lowest BCUT2D eigenvalue weighted by Gasteiger charge is -2.34. The number of amides is 3. The number of unbranched alkanes of at least 4 members (excludes halogenated alkanes) is 3. The molecule has 1 aromatic rings. The van der Waals surface area contributed by atoms with Gasteiger partial charge in [0.15, 0.2) is 0 Å². The summed E-state index contributed by atoms with van der Waals surface area (Å²) in [6.45, 7) is 3.39. The van der Waals surface area contributed by atoms with Gasteiger partial charge in [-0.2, -0.15) is 0 Å². The molecule has 3 amide bonds. The molecule has 3 N–H and O–H groups in total. The van der Waals surface area contributed by atoms with Crippen LogP contribution in [0, 0.1) is 11.8 Å². The monoisotopic (exact) mass is 549 g/mol. The van der Waals surface area contributed by atoms with Crippen molar-refractivity contribution in [3.05, 3.63) is 35.9 Å². The molecule has 9 heteroatoms. The van der Waals surface area contributed by atoms with Gasteiger partial charge >= 0.3 is 0 Å². The van der Waals surface area contributed by atoms with E-state index in [1.54, 1.807) is 4.90 Å². The van der Waals surface area contributed by atoms with E-state index in [1.165, 1.54) is 0 Å². The first-order chi connectivity index (χ1) is 16.9. The molecule has 1 aromatic carbocycles.